The van der Waals surface area contributed by atoms with Crippen LogP contribution in [0.25, 0.3) is 22.6 Å². The number of pyridine rings is 1. The molecule has 1 fully saturated rings. The van der Waals surface area contributed by atoms with Crippen molar-refractivity contribution in [1.82, 2.24) is 25.0 Å². The van der Waals surface area contributed by atoms with Crippen LogP contribution < -0.4 is 4.90 Å². The van der Waals surface area contributed by atoms with E-state index in [-0.39, 0.29) is 0 Å². The Morgan fingerprint density at radius 1 is 1.04 bits per heavy atom. The lowest BCUT2D eigenvalue weighted by Gasteiger charge is -2.21. The van der Waals surface area contributed by atoms with Crippen LogP contribution in [0.3, 0.4) is 0 Å². The van der Waals surface area contributed by atoms with Crippen LogP contribution in [0.1, 0.15) is 31.6 Å². The third-order valence-corrected chi connectivity index (χ3v) is 4.33. The molecule has 3 aromatic heterocycles. The second-order valence-corrected chi connectivity index (χ2v) is 6.04. The summed E-state index contributed by atoms with van der Waals surface area (Å²) in [5.74, 6) is 2.00. The first-order chi connectivity index (χ1) is 11.2. The van der Waals surface area contributed by atoms with Crippen LogP contribution in [0.2, 0.25) is 0 Å². The van der Waals surface area contributed by atoms with Crippen LogP contribution in [-0.4, -0.2) is 38.1 Å². The van der Waals surface area contributed by atoms with E-state index in [9.17, 15) is 0 Å². The van der Waals surface area contributed by atoms with Gasteiger partial charge < -0.3 is 9.32 Å². The summed E-state index contributed by atoms with van der Waals surface area (Å²) in [6.07, 6.45) is 5.09. The maximum absolute atomic E-state index is 5.52. The van der Waals surface area contributed by atoms with Gasteiger partial charge >= 0.3 is 0 Å². The molecular weight excluding hydrogens is 292 g/mol. The van der Waals surface area contributed by atoms with Crippen molar-refractivity contribution in [2.24, 2.45) is 7.05 Å². The van der Waals surface area contributed by atoms with Gasteiger partial charge in [0.15, 0.2) is 11.3 Å². The highest BCUT2D eigenvalue weighted by molar-refractivity contribution is 5.89. The summed E-state index contributed by atoms with van der Waals surface area (Å²) in [5.41, 5.74) is 1.54. The van der Waals surface area contributed by atoms with Crippen LogP contribution in [0.4, 0.5) is 5.82 Å². The minimum atomic E-state index is 0.442. The molecule has 0 bridgehead atoms. The minimum Gasteiger partial charge on any atom is -0.420 e. The fourth-order valence-corrected chi connectivity index (χ4v) is 3.15. The van der Waals surface area contributed by atoms with E-state index in [1.807, 2.05) is 7.05 Å². The summed E-state index contributed by atoms with van der Waals surface area (Å²) >= 11 is 0. The second-order valence-electron chi connectivity index (χ2n) is 6.04. The number of aryl methyl sites for hydroxylation is 2. The van der Waals surface area contributed by atoms with E-state index in [4.69, 9.17) is 9.40 Å². The van der Waals surface area contributed by atoms with E-state index in [0.717, 1.165) is 29.9 Å². The van der Waals surface area contributed by atoms with E-state index >= 15 is 0 Å². The van der Waals surface area contributed by atoms with Gasteiger partial charge in [-0.15, -0.1) is 10.2 Å². The van der Waals surface area contributed by atoms with Crippen molar-refractivity contribution in [2.75, 3.05) is 18.0 Å². The van der Waals surface area contributed by atoms with Gasteiger partial charge in [-0.25, -0.2) is 9.67 Å². The topological polar surface area (TPSA) is 72.9 Å². The molecule has 3 aromatic rings. The quantitative estimate of drug-likeness (QED) is 0.724. The average Bonchev–Trinajstić information content (AvgIpc) is 3.00. The largest absolute Gasteiger partial charge is 0.420 e. The fraction of sp³-hybridized carbons (Fsp3) is 0.500. The number of nitrogens with zero attached hydrogens (tertiary/aromatic N) is 6. The van der Waals surface area contributed by atoms with Gasteiger partial charge in [0.2, 0.25) is 5.89 Å². The third kappa shape index (κ3) is 2.56. The zero-order valence-corrected chi connectivity index (χ0v) is 13.5. The molecule has 7 heteroatoms. The van der Waals surface area contributed by atoms with Crippen molar-refractivity contribution >= 4 is 16.9 Å². The van der Waals surface area contributed by atoms with Crippen LogP contribution >= 0.6 is 0 Å². The lowest BCUT2D eigenvalue weighted by molar-refractivity contribution is 0.530. The summed E-state index contributed by atoms with van der Waals surface area (Å²) in [6, 6.07) is 4.13. The lowest BCUT2D eigenvalue weighted by atomic mass is 10.2. The summed E-state index contributed by atoms with van der Waals surface area (Å²) in [5, 5.41) is 13.4. The maximum atomic E-state index is 5.52. The zero-order chi connectivity index (χ0) is 15.8. The molecule has 0 aliphatic carbocycles. The van der Waals surface area contributed by atoms with Gasteiger partial charge in [-0.05, 0) is 25.0 Å². The Bertz CT molecular complexity index is 828. The van der Waals surface area contributed by atoms with Crippen molar-refractivity contribution in [2.45, 2.75) is 32.6 Å². The van der Waals surface area contributed by atoms with E-state index in [2.05, 4.69) is 32.3 Å². The SMILES string of the molecule is Cc1nnc(-c2nn(C)c3nc(N4CCCCCC4)ccc23)o1. The van der Waals surface area contributed by atoms with Crippen molar-refractivity contribution in [3.05, 3.63) is 18.0 Å². The summed E-state index contributed by atoms with van der Waals surface area (Å²) in [6.45, 7) is 3.93. The monoisotopic (exact) mass is 312 g/mol. The van der Waals surface area contributed by atoms with Gasteiger partial charge in [0.25, 0.3) is 5.89 Å². The molecule has 0 N–H and O–H groups in total. The molecule has 0 atom stereocenters. The Labute approximate surface area is 134 Å². The number of hydrogen-bond donors (Lipinski definition) is 0. The smallest absolute Gasteiger partial charge is 0.268 e. The van der Waals surface area contributed by atoms with E-state index in [0.29, 0.717) is 17.5 Å². The van der Waals surface area contributed by atoms with Crippen LogP contribution in [0, 0.1) is 6.92 Å². The summed E-state index contributed by atoms with van der Waals surface area (Å²) in [7, 11) is 1.90. The highest BCUT2D eigenvalue weighted by atomic mass is 16.4. The van der Waals surface area contributed by atoms with Crippen molar-refractivity contribution < 1.29 is 4.42 Å². The lowest BCUT2D eigenvalue weighted by Crippen LogP contribution is -2.24. The molecule has 4 heterocycles. The highest BCUT2D eigenvalue weighted by Gasteiger charge is 2.19. The van der Waals surface area contributed by atoms with E-state index in [1.54, 1.807) is 11.6 Å². The van der Waals surface area contributed by atoms with Crippen LogP contribution in [0.15, 0.2) is 16.5 Å². The van der Waals surface area contributed by atoms with Crippen molar-refractivity contribution in [3.8, 4) is 11.6 Å². The molecule has 0 aromatic carbocycles. The summed E-state index contributed by atoms with van der Waals surface area (Å²) in [4.78, 5) is 7.20. The Morgan fingerprint density at radius 3 is 2.52 bits per heavy atom. The molecule has 0 spiro atoms. The number of anilines is 1. The molecule has 7 nitrogen and oxygen atoms in total. The Morgan fingerprint density at radius 2 is 1.83 bits per heavy atom. The third-order valence-electron chi connectivity index (χ3n) is 4.33. The van der Waals surface area contributed by atoms with Gasteiger partial charge in [0.1, 0.15) is 5.82 Å². The van der Waals surface area contributed by atoms with Crippen molar-refractivity contribution in [3.63, 3.8) is 0 Å². The van der Waals surface area contributed by atoms with Gasteiger partial charge in [0.05, 0.1) is 5.39 Å². The average molecular weight is 312 g/mol. The number of rotatable bonds is 2. The number of hydrogen-bond acceptors (Lipinski definition) is 6. The molecule has 120 valence electrons. The van der Waals surface area contributed by atoms with Crippen LogP contribution in [-0.2, 0) is 7.05 Å². The standard InChI is InChI=1S/C16H20N6O/c1-11-18-19-16(23-11)14-12-7-8-13(17-15(12)21(2)20-14)22-9-5-3-4-6-10-22/h7-8H,3-6,9-10H2,1-2H3. The van der Waals surface area contributed by atoms with E-state index < -0.39 is 0 Å². The Kier molecular flexibility index (Phi) is 3.48. The van der Waals surface area contributed by atoms with Crippen LogP contribution in [0.5, 0.6) is 0 Å². The van der Waals surface area contributed by atoms with Gasteiger partial charge in [-0.2, -0.15) is 5.10 Å². The highest BCUT2D eigenvalue weighted by Crippen LogP contribution is 2.28. The van der Waals surface area contributed by atoms with Gasteiger partial charge in [0, 0.05) is 27.1 Å². The first kappa shape index (κ1) is 14.2. The molecule has 23 heavy (non-hydrogen) atoms. The second kappa shape index (κ2) is 5.64. The molecule has 0 saturated carbocycles. The Balaban J connectivity index is 1.76. The first-order valence-electron chi connectivity index (χ1n) is 8.11. The fourth-order valence-electron chi connectivity index (χ4n) is 3.15. The molecule has 0 radical (unpaired) electrons. The van der Waals surface area contributed by atoms with E-state index in [1.165, 1.54) is 25.7 Å². The predicted octanol–water partition coefficient (Wildman–Crippen LogP) is 2.71. The molecule has 1 aliphatic heterocycles. The normalized spacial score (nSPS) is 16.0. The molecular formula is C16H20N6O. The first-order valence-corrected chi connectivity index (χ1v) is 8.11. The molecule has 1 aliphatic rings. The number of fused-ring (bicyclic) bond motifs is 1. The molecule has 0 unspecified atom stereocenters. The van der Waals surface area contributed by atoms with Gasteiger partial charge in [-0.1, -0.05) is 12.8 Å². The maximum Gasteiger partial charge on any atom is 0.268 e. The molecule has 1 saturated heterocycles. The molecule has 4 rings (SSSR count). The minimum absolute atomic E-state index is 0.442. The van der Waals surface area contributed by atoms with Crippen molar-refractivity contribution in [1.29, 1.82) is 0 Å². The zero-order valence-electron chi connectivity index (χ0n) is 13.5. The molecule has 0 amide bonds. The number of aromatic nitrogens is 5. The Hall–Kier alpha value is -2.44. The predicted molar refractivity (Wildman–Crippen MR) is 87.2 cm³/mol. The van der Waals surface area contributed by atoms with Gasteiger partial charge in [-0.3, -0.25) is 0 Å². The summed E-state index contributed by atoms with van der Waals surface area (Å²) < 4.78 is 7.30.